The lowest BCUT2D eigenvalue weighted by atomic mass is 10.4. The van der Waals surface area contributed by atoms with Gasteiger partial charge in [-0.15, -0.1) is 34.5 Å². The van der Waals surface area contributed by atoms with E-state index in [0.717, 1.165) is 25.3 Å². The van der Waals surface area contributed by atoms with Gasteiger partial charge in [-0.25, -0.2) is 4.98 Å². The van der Waals surface area contributed by atoms with E-state index >= 15 is 0 Å². The molecule has 1 aromatic rings. The summed E-state index contributed by atoms with van der Waals surface area (Å²) in [6.07, 6.45) is 0. The molecule has 13 heavy (non-hydrogen) atoms. The van der Waals surface area contributed by atoms with Crippen molar-refractivity contribution >= 4 is 34.5 Å². The van der Waals surface area contributed by atoms with Crippen LogP contribution in [0.1, 0.15) is 5.69 Å². The van der Waals surface area contributed by atoms with Crippen LogP contribution in [0.15, 0.2) is 10.9 Å². The lowest BCUT2D eigenvalue weighted by Crippen LogP contribution is -2.27. The third-order valence-electron chi connectivity index (χ3n) is 1.67. The SMILES string of the molecule is ClCCN(CCCl)Cc1cscn1. The summed E-state index contributed by atoms with van der Waals surface area (Å²) in [6.45, 7) is 2.58. The van der Waals surface area contributed by atoms with E-state index in [9.17, 15) is 0 Å². The second kappa shape index (κ2) is 6.60. The highest BCUT2D eigenvalue weighted by atomic mass is 35.5. The third kappa shape index (κ3) is 4.27. The van der Waals surface area contributed by atoms with E-state index in [4.69, 9.17) is 23.2 Å². The molecular weight excluding hydrogens is 227 g/mol. The standard InChI is InChI=1S/C8H12Cl2N2S/c9-1-3-12(4-2-10)5-8-6-13-7-11-8/h6-7H,1-5H2. The van der Waals surface area contributed by atoms with E-state index in [-0.39, 0.29) is 0 Å². The van der Waals surface area contributed by atoms with Crippen LogP contribution < -0.4 is 0 Å². The van der Waals surface area contributed by atoms with Gasteiger partial charge < -0.3 is 0 Å². The van der Waals surface area contributed by atoms with Gasteiger partial charge in [0.05, 0.1) is 11.2 Å². The highest BCUT2D eigenvalue weighted by molar-refractivity contribution is 7.07. The fourth-order valence-corrected chi connectivity index (χ4v) is 2.08. The van der Waals surface area contributed by atoms with Crippen LogP contribution in [-0.2, 0) is 6.54 Å². The Labute approximate surface area is 92.5 Å². The molecule has 0 amide bonds. The fraction of sp³-hybridized carbons (Fsp3) is 0.625. The zero-order valence-corrected chi connectivity index (χ0v) is 9.58. The van der Waals surface area contributed by atoms with Gasteiger partial charge in [-0.1, -0.05) is 0 Å². The molecule has 0 aliphatic heterocycles. The van der Waals surface area contributed by atoms with Crippen LogP contribution in [0.25, 0.3) is 0 Å². The van der Waals surface area contributed by atoms with Crippen molar-refractivity contribution in [1.82, 2.24) is 9.88 Å². The van der Waals surface area contributed by atoms with Crippen molar-refractivity contribution in [2.45, 2.75) is 6.54 Å². The Morgan fingerprint density at radius 1 is 1.31 bits per heavy atom. The first-order chi connectivity index (χ1) is 6.36. The number of rotatable bonds is 6. The summed E-state index contributed by atoms with van der Waals surface area (Å²) in [4.78, 5) is 6.41. The molecule has 0 fully saturated rings. The Hall–Kier alpha value is 0.170. The number of hydrogen-bond donors (Lipinski definition) is 0. The maximum absolute atomic E-state index is 5.67. The molecule has 0 aliphatic carbocycles. The highest BCUT2D eigenvalue weighted by Crippen LogP contribution is 2.05. The highest BCUT2D eigenvalue weighted by Gasteiger charge is 2.05. The average molecular weight is 239 g/mol. The molecule has 0 spiro atoms. The number of aromatic nitrogens is 1. The monoisotopic (exact) mass is 238 g/mol. The summed E-state index contributed by atoms with van der Waals surface area (Å²) in [7, 11) is 0. The molecule has 0 saturated carbocycles. The number of thiazole rings is 1. The molecule has 1 aromatic heterocycles. The van der Waals surface area contributed by atoms with Crippen LogP contribution in [0.5, 0.6) is 0 Å². The molecule has 1 heterocycles. The summed E-state index contributed by atoms with van der Waals surface area (Å²) < 4.78 is 0. The molecule has 2 nitrogen and oxygen atoms in total. The number of halogens is 2. The Balaban J connectivity index is 2.37. The van der Waals surface area contributed by atoms with Crippen molar-refractivity contribution in [2.24, 2.45) is 0 Å². The second-order valence-corrected chi connectivity index (χ2v) is 4.11. The summed E-state index contributed by atoms with van der Waals surface area (Å²) in [5.74, 6) is 1.28. The van der Waals surface area contributed by atoms with Gasteiger partial charge in [-0.2, -0.15) is 0 Å². The van der Waals surface area contributed by atoms with Gasteiger partial charge in [0.1, 0.15) is 0 Å². The molecule has 5 heteroatoms. The van der Waals surface area contributed by atoms with Crippen molar-refractivity contribution in [1.29, 1.82) is 0 Å². The first-order valence-corrected chi connectivity index (χ1v) is 6.09. The largest absolute Gasteiger partial charge is 0.295 e. The number of hydrogen-bond acceptors (Lipinski definition) is 3. The zero-order valence-electron chi connectivity index (χ0n) is 7.25. The van der Waals surface area contributed by atoms with Gasteiger partial charge in [0.2, 0.25) is 0 Å². The van der Waals surface area contributed by atoms with E-state index in [1.807, 2.05) is 5.51 Å². The fourth-order valence-electron chi connectivity index (χ4n) is 1.05. The Bertz CT molecular complexity index is 210. The first kappa shape index (κ1) is 11.2. The molecule has 0 aliphatic rings. The predicted molar refractivity (Wildman–Crippen MR) is 58.8 cm³/mol. The lowest BCUT2D eigenvalue weighted by Gasteiger charge is -2.18. The van der Waals surface area contributed by atoms with E-state index < -0.39 is 0 Å². The molecule has 0 N–H and O–H groups in total. The van der Waals surface area contributed by atoms with Crippen LogP contribution in [0, 0.1) is 0 Å². The number of nitrogens with zero attached hydrogens (tertiary/aromatic N) is 2. The van der Waals surface area contributed by atoms with Crippen LogP contribution in [0.4, 0.5) is 0 Å². The van der Waals surface area contributed by atoms with E-state index in [2.05, 4.69) is 15.3 Å². The molecule has 0 aromatic carbocycles. The maximum Gasteiger partial charge on any atom is 0.0795 e. The molecule has 0 atom stereocenters. The first-order valence-electron chi connectivity index (χ1n) is 4.08. The normalized spacial score (nSPS) is 11.0. The van der Waals surface area contributed by atoms with Crippen LogP contribution in [-0.4, -0.2) is 34.7 Å². The van der Waals surface area contributed by atoms with E-state index in [1.54, 1.807) is 11.3 Å². The van der Waals surface area contributed by atoms with E-state index in [1.165, 1.54) is 0 Å². The van der Waals surface area contributed by atoms with Gasteiger partial charge >= 0.3 is 0 Å². The molecule has 0 saturated heterocycles. The lowest BCUT2D eigenvalue weighted by molar-refractivity contribution is 0.296. The molecular formula is C8H12Cl2N2S. The van der Waals surface area contributed by atoms with Crippen molar-refractivity contribution in [3.63, 3.8) is 0 Å². The quantitative estimate of drug-likeness (QED) is 0.709. The van der Waals surface area contributed by atoms with Crippen LogP contribution >= 0.6 is 34.5 Å². The average Bonchev–Trinajstić information content (AvgIpc) is 2.58. The third-order valence-corrected chi connectivity index (χ3v) is 2.64. The topological polar surface area (TPSA) is 16.1 Å². The summed E-state index contributed by atoms with van der Waals surface area (Å²) in [5, 5.41) is 2.05. The molecule has 1 rings (SSSR count). The van der Waals surface area contributed by atoms with E-state index in [0.29, 0.717) is 11.8 Å². The van der Waals surface area contributed by atoms with Crippen molar-refractivity contribution in [3.05, 3.63) is 16.6 Å². The molecule has 0 radical (unpaired) electrons. The Morgan fingerprint density at radius 3 is 2.46 bits per heavy atom. The minimum Gasteiger partial charge on any atom is -0.295 e. The van der Waals surface area contributed by atoms with Crippen molar-refractivity contribution in [3.8, 4) is 0 Å². The van der Waals surface area contributed by atoms with Crippen molar-refractivity contribution in [2.75, 3.05) is 24.8 Å². The number of alkyl halides is 2. The molecule has 0 unspecified atom stereocenters. The maximum atomic E-state index is 5.67. The van der Waals surface area contributed by atoms with Gasteiger partial charge in [0, 0.05) is 36.8 Å². The summed E-state index contributed by atoms with van der Waals surface area (Å²) >= 11 is 13.0. The molecule has 74 valence electrons. The smallest absolute Gasteiger partial charge is 0.0795 e. The minimum atomic E-state index is 0.640. The zero-order chi connectivity index (χ0) is 9.52. The predicted octanol–water partition coefficient (Wildman–Crippen LogP) is 2.42. The minimum absolute atomic E-state index is 0.640. The van der Waals surface area contributed by atoms with Crippen LogP contribution in [0.3, 0.4) is 0 Å². The Morgan fingerprint density at radius 2 is 2.00 bits per heavy atom. The van der Waals surface area contributed by atoms with Gasteiger partial charge in [0.25, 0.3) is 0 Å². The molecule has 0 bridgehead atoms. The van der Waals surface area contributed by atoms with Crippen molar-refractivity contribution < 1.29 is 0 Å². The van der Waals surface area contributed by atoms with Gasteiger partial charge in [-0.05, 0) is 0 Å². The summed E-state index contributed by atoms with van der Waals surface area (Å²) in [5.41, 5.74) is 2.94. The van der Waals surface area contributed by atoms with Gasteiger partial charge in [0.15, 0.2) is 0 Å². The second-order valence-electron chi connectivity index (χ2n) is 2.63. The van der Waals surface area contributed by atoms with Crippen LogP contribution in [0.2, 0.25) is 0 Å². The Kier molecular flexibility index (Phi) is 5.71. The summed E-state index contributed by atoms with van der Waals surface area (Å²) in [6, 6.07) is 0. The van der Waals surface area contributed by atoms with Gasteiger partial charge in [-0.3, -0.25) is 4.90 Å².